The molecule has 7 heteroatoms. The average molecular weight is 350 g/mol. The number of aromatic nitrogens is 2. The van der Waals surface area contributed by atoms with Gasteiger partial charge in [0.05, 0.1) is 0 Å². The largest absolute Gasteiger partial charge is 0.357 e. The highest BCUT2D eigenvalue weighted by Crippen LogP contribution is 2.19. The van der Waals surface area contributed by atoms with E-state index in [-0.39, 0.29) is 0 Å². The molecule has 0 unspecified atom stereocenters. The second kappa shape index (κ2) is 9.93. The second-order valence-electron chi connectivity index (χ2n) is 5.31. The molecule has 0 radical (unpaired) electrons. The third-order valence-corrected chi connectivity index (χ3v) is 3.54. The molecule has 2 N–H and O–H groups in total. The number of aliphatic imine (C=N–C) groups is 1. The lowest BCUT2D eigenvalue weighted by Gasteiger charge is -2.09. The van der Waals surface area contributed by atoms with Crippen LogP contribution in [0, 0.1) is 0 Å². The van der Waals surface area contributed by atoms with Gasteiger partial charge in [0.1, 0.15) is 0 Å². The summed E-state index contributed by atoms with van der Waals surface area (Å²) in [4.78, 5) is 8.91. The van der Waals surface area contributed by atoms with Gasteiger partial charge in [0.2, 0.25) is 11.7 Å². The van der Waals surface area contributed by atoms with Gasteiger partial charge in [-0.3, -0.25) is 4.99 Å². The minimum atomic E-state index is 0.552. The van der Waals surface area contributed by atoms with Crippen molar-refractivity contribution in [2.24, 2.45) is 4.99 Å². The number of unbranched alkanes of at least 4 members (excludes halogenated alkanes) is 1. The number of guanidine groups is 1. The lowest BCUT2D eigenvalue weighted by molar-refractivity contribution is 0.378. The quantitative estimate of drug-likeness (QED) is 0.434. The van der Waals surface area contributed by atoms with Crippen LogP contribution in [0.5, 0.6) is 0 Å². The van der Waals surface area contributed by atoms with Crippen LogP contribution in [0.4, 0.5) is 0 Å². The normalized spacial score (nSPS) is 11.5. The van der Waals surface area contributed by atoms with Crippen molar-refractivity contribution in [3.63, 3.8) is 0 Å². The second-order valence-corrected chi connectivity index (χ2v) is 5.75. The topological polar surface area (TPSA) is 75.3 Å². The van der Waals surface area contributed by atoms with Crippen molar-refractivity contribution in [3.05, 3.63) is 35.2 Å². The molecule has 2 rings (SSSR count). The summed E-state index contributed by atoms with van der Waals surface area (Å²) in [5, 5.41) is 11.2. The molecule has 0 fully saturated rings. The van der Waals surface area contributed by atoms with Crippen LogP contribution in [0.3, 0.4) is 0 Å². The van der Waals surface area contributed by atoms with E-state index in [0.29, 0.717) is 29.7 Å². The highest BCUT2D eigenvalue weighted by atomic mass is 35.5. The Morgan fingerprint density at radius 2 is 2.17 bits per heavy atom. The lowest BCUT2D eigenvalue weighted by Crippen LogP contribution is -2.38. The summed E-state index contributed by atoms with van der Waals surface area (Å²) in [5.41, 5.74) is 0.847. The van der Waals surface area contributed by atoms with E-state index in [1.165, 1.54) is 0 Å². The molecule has 2 aromatic rings. The molecule has 0 spiro atoms. The SMILES string of the molecule is CCCCN=C(NCC)NCCc1nc(-c2cccc(Cl)c2)no1. The predicted octanol–water partition coefficient (Wildman–Crippen LogP) is 3.29. The van der Waals surface area contributed by atoms with E-state index in [1.807, 2.05) is 31.2 Å². The summed E-state index contributed by atoms with van der Waals surface area (Å²) in [6, 6.07) is 7.40. The molecule has 0 saturated heterocycles. The summed E-state index contributed by atoms with van der Waals surface area (Å²) in [6.45, 7) is 6.53. The fourth-order valence-corrected chi connectivity index (χ4v) is 2.27. The Kier molecular flexibility index (Phi) is 7.55. The molecule has 0 saturated carbocycles. The first-order chi connectivity index (χ1) is 11.7. The first-order valence-corrected chi connectivity index (χ1v) is 8.71. The van der Waals surface area contributed by atoms with Crippen LogP contribution in [0.2, 0.25) is 5.02 Å². The molecule has 6 nitrogen and oxygen atoms in total. The summed E-state index contributed by atoms with van der Waals surface area (Å²) >= 11 is 5.99. The third kappa shape index (κ3) is 5.85. The number of benzene rings is 1. The van der Waals surface area contributed by atoms with Crippen LogP contribution in [-0.4, -0.2) is 35.7 Å². The molecule has 0 aliphatic heterocycles. The van der Waals surface area contributed by atoms with Crippen LogP contribution in [0.25, 0.3) is 11.4 Å². The summed E-state index contributed by atoms with van der Waals surface area (Å²) < 4.78 is 5.29. The molecule has 0 amide bonds. The number of nitrogens with one attached hydrogen (secondary N) is 2. The number of nitrogens with zero attached hydrogens (tertiary/aromatic N) is 3. The first-order valence-electron chi connectivity index (χ1n) is 8.33. The van der Waals surface area contributed by atoms with Crippen molar-refractivity contribution in [2.75, 3.05) is 19.6 Å². The highest BCUT2D eigenvalue weighted by molar-refractivity contribution is 6.30. The molecular weight excluding hydrogens is 326 g/mol. The van der Waals surface area contributed by atoms with Crippen molar-refractivity contribution in [2.45, 2.75) is 33.1 Å². The standard InChI is InChI=1S/C17H24ClN5O/c1-3-5-10-20-17(19-4-2)21-11-9-15-22-16(23-24-15)13-7-6-8-14(18)12-13/h6-8,12H,3-5,9-11H2,1-2H3,(H2,19,20,21). The van der Waals surface area contributed by atoms with Gasteiger partial charge in [0, 0.05) is 36.6 Å². The molecule has 0 aliphatic carbocycles. The maximum atomic E-state index is 5.99. The number of halogens is 1. The van der Waals surface area contributed by atoms with Crippen molar-refractivity contribution < 1.29 is 4.52 Å². The Hall–Kier alpha value is -2.08. The molecule has 0 bridgehead atoms. The zero-order valence-electron chi connectivity index (χ0n) is 14.2. The fraction of sp³-hybridized carbons (Fsp3) is 0.471. The number of hydrogen-bond acceptors (Lipinski definition) is 4. The number of rotatable bonds is 8. The van der Waals surface area contributed by atoms with Crippen molar-refractivity contribution in [1.82, 2.24) is 20.8 Å². The maximum absolute atomic E-state index is 5.99. The summed E-state index contributed by atoms with van der Waals surface area (Å²) in [5.74, 6) is 1.96. The Bertz CT molecular complexity index is 656. The van der Waals surface area contributed by atoms with Gasteiger partial charge in [-0.1, -0.05) is 42.2 Å². The molecule has 0 aliphatic rings. The van der Waals surface area contributed by atoms with E-state index in [2.05, 4.69) is 32.7 Å². The van der Waals surface area contributed by atoms with Crippen LogP contribution in [0.15, 0.2) is 33.8 Å². The monoisotopic (exact) mass is 349 g/mol. The molecular formula is C17H24ClN5O. The van der Waals surface area contributed by atoms with E-state index in [4.69, 9.17) is 16.1 Å². The Morgan fingerprint density at radius 3 is 2.92 bits per heavy atom. The minimum Gasteiger partial charge on any atom is -0.357 e. The Labute approximate surface area is 147 Å². The van der Waals surface area contributed by atoms with Crippen LogP contribution in [0.1, 0.15) is 32.6 Å². The smallest absolute Gasteiger partial charge is 0.228 e. The number of hydrogen-bond donors (Lipinski definition) is 2. The van der Waals surface area contributed by atoms with Gasteiger partial charge in [-0.2, -0.15) is 4.98 Å². The average Bonchev–Trinajstić information content (AvgIpc) is 3.04. The van der Waals surface area contributed by atoms with Crippen molar-refractivity contribution >= 4 is 17.6 Å². The third-order valence-electron chi connectivity index (χ3n) is 3.31. The maximum Gasteiger partial charge on any atom is 0.228 e. The predicted molar refractivity (Wildman–Crippen MR) is 97.3 cm³/mol. The highest BCUT2D eigenvalue weighted by Gasteiger charge is 2.09. The molecule has 1 heterocycles. The van der Waals surface area contributed by atoms with E-state index < -0.39 is 0 Å². The van der Waals surface area contributed by atoms with Crippen LogP contribution in [-0.2, 0) is 6.42 Å². The lowest BCUT2D eigenvalue weighted by atomic mass is 10.2. The van der Waals surface area contributed by atoms with Crippen LogP contribution < -0.4 is 10.6 Å². The van der Waals surface area contributed by atoms with Gasteiger partial charge in [-0.25, -0.2) is 0 Å². The van der Waals surface area contributed by atoms with Gasteiger partial charge >= 0.3 is 0 Å². The van der Waals surface area contributed by atoms with Gasteiger partial charge < -0.3 is 15.2 Å². The summed E-state index contributed by atoms with van der Waals surface area (Å²) in [6.07, 6.45) is 2.85. The molecule has 0 atom stereocenters. The van der Waals surface area contributed by atoms with Gasteiger partial charge in [-0.05, 0) is 25.5 Å². The molecule has 1 aromatic heterocycles. The summed E-state index contributed by atoms with van der Waals surface area (Å²) in [7, 11) is 0. The molecule has 130 valence electrons. The van der Waals surface area contributed by atoms with Crippen molar-refractivity contribution in [3.8, 4) is 11.4 Å². The van der Waals surface area contributed by atoms with Gasteiger partial charge in [-0.15, -0.1) is 0 Å². The Morgan fingerprint density at radius 1 is 1.29 bits per heavy atom. The fourth-order valence-electron chi connectivity index (χ4n) is 2.08. The van der Waals surface area contributed by atoms with Crippen LogP contribution >= 0.6 is 11.6 Å². The van der Waals surface area contributed by atoms with Crippen molar-refractivity contribution in [1.29, 1.82) is 0 Å². The van der Waals surface area contributed by atoms with Gasteiger partial charge in [0.25, 0.3) is 0 Å². The Balaban J connectivity index is 1.87. The zero-order valence-corrected chi connectivity index (χ0v) is 14.9. The van der Waals surface area contributed by atoms with E-state index >= 15 is 0 Å². The van der Waals surface area contributed by atoms with E-state index in [9.17, 15) is 0 Å². The van der Waals surface area contributed by atoms with Gasteiger partial charge in [0.15, 0.2) is 5.96 Å². The molecule has 1 aromatic carbocycles. The minimum absolute atomic E-state index is 0.552. The zero-order chi connectivity index (χ0) is 17.2. The first kappa shape index (κ1) is 18.3. The van der Waals surface area contributed by atoms with E-state index in [1.54, 1.807) is 0 Å². The molecule has 24 heavy (non-hydrogen) atoms. The van der Waals surface area contributed by atoms with E-state index in [0.717, 1.165) is 37.5 Å².